The van der Waals surface area contributed by atoms with E-state index in [2.05, 4.69) is 5.32 Å². The van der Waals surface area contributed by atoms with E-state index in [4.69, 9.17) is 22.1 Å². The Balaban J connectivity index is 2.27. The molecule has 0 saturated carbocycles. The molecule has 0 aliphatic rings. The predicted molar refractivity (Wildman–Crippen MR) is 81.5 cm³/mol. The molecule has 0 fully saturated rings. The summed E-state index contributed by atoms with van der Waals surface area (Å²) in [6, 6.07) is 10.2. The molecule has 0 bridgehead atoms. The number of benzene rings is 2. The van der Waals surface area contributed by atoms with E-state index in [0.29, 0.717) is 27.7 Å². The van der Waals surface area contributed by atoms with Crippen LogP contribution in [-0.4, -0.2) is 13.0 Å². The van der Waals surface area contributed by atoms with Crippen LogP contribution in [0.2, 0.25) is 5.02 Å². The average Bonchev–Trinajstić information content (AvgIpc) is 2.42. The van der Waals surface area contributed by atoms with Crippen molar-refractivity contribution in [2.75, 3.05) is 18.2 Å². The Morgan fingerprint density at radius 3 is 2.65 bits per heavy atom. The summed E-state index contributed by atoms with van der Waals surface area (Å²) in [6.45, 7) is 1.88. The molecule has 4 nitrogen and oxygen atoms in total. The molecule has 2 rings (SSSR count). The van der Waals surface area contributed by atoms with Crippen molar-refractivity contribution in [1.29, 1.82) is 0 Å². The second-order valence-corrected chi connectivity index (χ2v) is 4.79. The molecule has 0 saturated heterocycles. The Morgan fingerprint density at radius 1 is 1.25 bits per heavy atom. The molecule has 0 aromatic heterocycles. The van der Waals surface area contributed by atoms with Gasteiger partial charge in [0, 0.05) is 16.3 Å². The molecule has 0 radical (unpaired) electrons. The quantitative estimate of drug-likeness (QED) is 0.851. The molecular formula is C15H15ClN2O2. The number of nitrogen functional groups attached to an aromatic ring is 1. The molecule has 104 valence electrons. The zero-order valence-corrected chi connectivity index (χ0v) is 12.0. The fourth-order valence-electron chi connectivity index (χ4n) is 1.75. The number of hydrogen-bond donors (Lipinski definition) is 2. The lowest BCUT2D eigenvalue weighted by Gasteiger charge is -2.11. The maximum atomic E-state index is 12.2. The van der Waals surface area contributed by atoms with Crippen molar-refractivity contribution in [1.82, 2.24) is 0 Å². The number of anilines is 2. The monoisotopic (exact) mass is 290 g/mol. The minimum Gasteiger partial charge on any atom is -0.495 e. The van der Waals surface area contributed by atoms with Gasteiger partial charge in [0.1, 0.15) is 5.75 Å². The number of carbonyl (C=O) groups excluding carboxylic acids is 1. The number of nitrogens with one attached hydrogen (secondary N) is 1. The van der Waals surface area contributed by atoms with Gasteiger partial charge in [-0.2, -0.15) is 0 Å². The second kappa shape index (κ2) is 5.84. The lowest BCUT2D eigenvalue weighted by atomic mass is 10.1. The summed E-state index contributed by atoms with van der Waals surface area (Å²) in [7, 11) is 1.53. The van der Waals surface area contributed by atoms with Crippen LogP contribution >= 0.6 is 11.6 Å². The number of amides is 1. The number of ether oxygens (including phenoxy) is 1. The molecule has 0 aliphatic carbocycles. The average molecular weight is 291 g/mol. The first-order valence-electron chi connectivity index (χ1n) is 6.02. The van der Waals surface area contributed by atoms with E-state index >= 15 is 0 Å². The number of nitrogens with two attached hydrogens (primary N) is 1. The number of carbonyl (C=O) groups is 1. The number of halogens is 1. The summed E-state index contributed by atoms with van der Waals surface area (Å²) in [5.74, 6) is 0.279. The van der Waals surface area contributed by atoms with Gasteiger partial charge >= 0.3 is 0 Å². The highest BCUT2D eigenvalue weighted by Crippen LogP contribution is 2.27. The van der Waals surface area contributed by atoms with Crippen molar-refractivity contribution in [3.63, 3.8) is 0 Å². The van der Waals surface area contributed by atoms with E-state index in [1.165, 1.54) is 7.11 Å². The van der Waals surface area contributed by atoms with Gasteiger partial charge < -0.3 is 15.8 Å². The Bertz CT molecular complexity index is 656. The summed E-state index contributed by atoms with van der Waals surface area (Å²) in [5, 5.41) is 3.32. The van der Waals surface area contributed by atoms with E-state index in [1.807, 2.05) is 6.92 Å². The Kier molecular flexibility index (Phi) is 4.15. The van der Waals surface area contributed by atoms with Crippen LogP contribution in [0.5, 0.6) is 5.75 Å². The van der Waals surface area contributed by atoms with Gasteiger partial charge in [0.05, 0.1) is 12.8 Å². The van der Waals surface area contributed by atoms with E-state index in [0.717, 1.165) is 5.56 Å². The van der Waals surface area contributed by atoms with Gasteiger partial charge in [-0.15, -0.1) is 0 Å². The highest BCUT2D eigenvalue weighted by Gasteiger charge is 2.11. The van der Waals surface area contributed by atoms with E-state index in [1.54, 1.807) is 36.4 Å². The number of rotatable bonds is 3. The first-order valence-corrected chi connectivity index (χ1v) is 6.40. The van der Waals surface area contributed by atoms with Crippen molar-refractivity contribution in [2.24, 2.45) is 0 Å². The maximum Gasteiger partial charge on any atom is 0.255 e. The van der Waals surface area contributed by atoms with Crippen LogP contribution in [0, 0.1) is 6.92 Å². The lowest BCUT2D eigenvalue weighted by molar-refractivity contribution is 0.102. The molecule has 0 aliphatic heterocycles. The van der Waals surface area contributed by atoms with Gasteiger partial charge in [0.2, 0.25) is 0 Å². The van der Waals surface area contributed by atoms with Crippen LogP contribution in [0.25, 0.3) is 0 Å². The lowest BCUT2D eigenvalue weighted by Crippen LogP contribution is -2.13. The minimum absolute atomic E-state index is 0.268. The highest BCUT2D eigenvalue weighted by atomic mass is 35.5. The van der Waals surface area contributed by atoms with E-state index in [-0.39, 0.29) is 5.91 Å². The summed E-state index contributed by atoms with van der Waals surface area (Å²) < 4.78 is 5.18. The second-order valence-electron chi connectivity index (χ2n) is 4.38. The molecule has 0 spiro atoms. The van der Waals surface area contributed by atoms with Gasteiger partial charge in [-0.25, -0.2) is 0 Å². The zero-order valence-electron chi connectivity index (χ0n) is 11.2. The number of aryl methyl sites for hydroxylation is 1. The summed E-state index contributed by atoms with van der Waals surface area (Å²) in [4.78, 5) is 12.2. The smallest absolute Gasteiger partial charge is 0.255 e. The van der Waals surface area contributed by atoms with Crippen LogP contribution < -0.4 is 15.8 Å². The highest BCUT2D eigenvalue weighted by molar-refractivity contribution is 6.31. The normalized spacial score (nSPS) is 10.2. The summed E-state index contributed by atoms with van der Waals surface area (Å²) >= 11 is 6.02. The van der Waals surface area contributed by atoms with Crippen molar-refractivity contribution < 1.29 is 9.53 Å². The Hall–Kier alpha value is -2.20. The fraction of sp³-hybridized carbons (Fsp3) is 0.133. The van der Waals surface area contributed by atoms with Crippen molar-refractivity contribution in [3.8, 4) is 5.75 Å². The third kappa shape index (κ3) is 3.03. The van der Waals surface area contributed by atoms with Gasteiger partial charge in [-0.3, -0.25) is 4.79 Å². The standard InChI is InChI=1S/C15H15ClN2O2/c1-9-3-4-10(7-12(9)16)15(19)18-13-8-11(17)5-6-14(13)20-2/h3-8H,17H2,1-2H3,(H,18,19). The molecule has 2 aromatic carbocycles. The number of hydrogen-bond acceptors (Lipinski definition) is 3. The molecule has 2 aromatic rings. The van der Waals surface area contributed by atoms with E-state index < -0.39 is 0 Å². The van der Waals surface area contributed by atoms with Gasteiger partial charge in [-0.1, -0.05) is 17.7 Å². The van der Waals surface area contributed by atoms with Gasteiger partial charge in [-0.05, 0) is 42.8 Å². The van der Waals surface area contributed by atoms with Crippen LogP contribution in [0.15, 0.2) is 36.4 Å². The fourth-order valence-corrected chi connectivity index (χ4v) is 1.93. The Labute approximate surface area is 122 Å². The topological polar surface area (TPSA) is 64.3 Å². The molecule has 0 unspecified atom stereocenters. The van der Waals surface area contributed by atoms with E-state index in [9.17, 15) is 4.79 Å². The molecule has 3 N–H and O–H groups in total. The SMILES string of the molecule is COc1ccc(N)cc1NC(=O)c1ccc(C)c(Cl)c1. The van der Waals surface area contributed by atoms with Crippen LogP contribution in [0.1, 0.15) is 15.9 Å². The zero-order chi connectivity index (χ0) is 14.7. The van der Waals surface area contributed by atoms with Gasteiger partial charge in [0.25, 0.3) is 5.91 Å². The first-order chi connectivity index (χ1) is 9.51. The minimum atomic E-state index is -0.268. The summed E-state index contributed by atoms with van der Waals surface area (Å²) in [6.07, 6.45) is 0. The maximum absolute atomic E-state index is 12.2. The van der Waals surface area contributed by atoms with Crippen molar-refractivity contribution >= 4 is 28.9 Å². The molecular weight excluding hydrogens is 276 g/mol. The first kappa shape index (κ1) is 14.2. The van der Waals surface area contributed by atoms with Crippen molar-refractivity contribution in [3.05, 3.63) is 52.5 Å². The third-order valence-corrected chi connectivity index (χ3v) is 3.31. The Morgan fingerprint density at radius 2 is 2.00 bits per heavy atom. The molecule has 0 atom stereocenters. The third-order valence-electron chi connectivity index (χ3n) is 2.91. The molecule has 1 amide bonds. The summed E-state index contributed by atoms with van der Waals surface area (Å²) in [5.41, 5.74) is 8.18. The molecule has 5 heteroatoms. The van der Waals surface area contributed by atoms with Crippen LogP contribution in [0.3, 0.4) is 0 Å². The van der Waals surface area contributed by atoms with Crippen LogP contribution in [0.4, 0.5) is 11.4 Å². The number of methoxy groups -OCH3 is 1. The van der Waals surface area contributed by atoms with Crippen molar-refractivity contribution in [2.45, 2.75) is 6.92 Å². The predicted octanol–water partition coefficient (Wildman–Crippen LogP) is 3.49. The molecule has 20 heavy (non-hydrogen) atoms. The largest absolute Gasteiger partial charge is 0.495 e. The van der Waals surface area contributed by atoms with Crippen LogP contribution in [-0.2, 0) is 0 Å². The molecule has 0 heterocycles. The van der Waals surface area contributed by atoms with Gasteiger partial charge in [0.15, 0.2) is 0 Å².